The molecule has 1 aliphatic rings. The van der Waals surface area contributed by atoms with Crippen LogP contribution in [0.1, 0.15) is 70.6 Å². The smallest absolute Gasteiger partial charge is 0.00697 e. The molecule has 0 aromatic heterocycles. The van der Waals surface area contributed by atoms with Gasteiger partial charge in [0.15, 0.2) is 0 Å². The first kappa shape index (κ1) is 15.5. The molecule has 0 saturated carbocycles. The molecule has 0 aromatic rings. The first-order chi connectivity index (χ1) is 8.86. The summed E-state index contributed by atoms with van der Waals surface area (Å²) in [6.07, 6.45) is 18.7. The van der Waals surface area contributed by atoms with Gasteiger partial charge in [-0.3, -0.25) is 0 Å². The van der Waals surface area contributed by atoms with Crippen LogP contribution in [0.4, 0.5) is 0 Å². The fourth-order valence-corrected chi connectivity index (χ4v) is 2.93. The maximum absolute atomic E-state index is 3.85. The molecule has 0 aliphatic carbocycles. The molecule has 1 heteroatoms. The SMILES string of the molecule is C=CCCCCC[C@H]1CCC[C@H](CCCC=C)N1. The molecule has 1 nitrogen and oxygen atoms in total. The van der Waals surface area contributed by atoms with E-state index in [1.807, 2.05) is 12.2 Å². The van der Waals surface area contributed by atoms with E-state index in [0.717, 1.165) is 12.1 Å². The second-order valence-corrected chi connectivity index (χ2v) is 5.64. The highest BCUT2D eigenvalue weighted by Gasteiger charge is 2.19. The van der Waals surface area contributed by atoms with E-state index in [9.17, 15) is 0 Å². The van der Waals surface area contributed by atoms with Crippen molar-refractivity contribution in [2.45, 2.75) is 82.7 Å². The quantitative estimate of drug-likeness (QED) is 0.425. The second-order valence-electron chi connectivity index (χ2n) is 5.64. The molecule has 0 amide bonds. The number of hydrogen-bond donors (Lipinski definition) is 1. The average molecular weight is 249 g/mol. The van der Waals surface area contributed by atoms with Gasteiger partial charge in [-0.2, -0.15) is 0 Å². The van der Waals surface area contributed by atoms with Crippen LogP contribution in [0.25, 0.3) is 0 Å². The molecule has 1 fully saturated rings. The first-order valence-electron chi connectivity index (χ1n) is 7.84. The summed E-state index contributed by atoms with van der Waals surface area (Å²) in [4.78, 5) is 0. The Kier molecular flexibility index (Phi) is 8.93. The Balaban J connectivity index is 2.06. The number of hydrogen-bond acceptors (Lipinski definition) is 1. The molecular weight excluding hydrogens is 218 g/mol. The summed E-state index contributed by atoms with van der Waals surface area (Å²) in [5, 5.41) is 3.85. The molecule has 104 valence electrons. The van der Waals surface area contributed by atoms with Crippen LogP contribution in [0.2, 0.25) is 0 Å². The third kappa shape index (κ3) is 7.00. The zero-order chi connectivity index (χ0) is 13.1. The van der Waals surface area contributed by atoms with Crippen molar-refractivity contribution in [2.24, 2.45) is 0 Å². The van der Waals surface area contributed by atoms with Crippen molar-refractivity contribution >= 4 is 0 Å². The Morgan fingerprint density at radius 3 is 2.11 bits per heavy atom. The van der Waals surface area contributed by atoms with E-state index in [0.29, 0.717) is 0 Å². The first-order valence-corrected chi connectivity index (χ1v) is 7.84. The van der Waals surface area contributed by atoms with Crippen LogP contribution in [-0.4, -0.2) is 12.1 Å². The van der Waals surface area contributed by atoms with Gasteiger partial charge in [0, 0.05) is 12.1 Å². The van der Waals surface area contributed by atoms with Gasteiger partial charge in [-0.25, -0.2) is 0 Å². The van der Waals surface area contributed by atoms with Gasteiger partial charge in [0.1, 0.15) is 0 Å². The van der Waals surface area contributed by atoms with E-state index in [1.165, 1.54) is 70.6 Å². The summed E-state index contributed by atoms with van der Waals surface area (Å²) in [6, 6.07) is 1.56. The van der Waals surface area contributed by atoms with Crippen molar-refractivity contribution in [3.8, 4) is 0 Å². The molecule has 1 N–H and O–H groups in total. The second kappa shape index (κ2) is 10.4. The minimum Gasteiger partial charge on any atom is -0.311 e. The van der Waals surface area contributed by atoms with Crippen molar-refractivity contribution in [1.29, 1.82) is 0 Å². The minimum atomic E-state index is 0.775. The van der Waals surface area contributed by atoms with Gasteiger partial charge < -0.3 is 5.32 Å². The zero-order valence-electron chi connectivity index (χ0n) is 12.0. The lowest BCUT2D eigenvalue weighted by Crippen LogP contribution is -2.42. The highest BCUT2D eigenvalue weighted by atomic mass is 15.0. The van der Waals surface area contributed by atoms with Gasteiger partial charge in [-0.1, -0.05) is 31.4 Å². The summed E-state index contributed by atoms with van der Waals surface area (Å²) in [5.41, 5.74) is 0. The molecule has 18 heavy (non-hydrogen) atoms. The van der Waals surface area contributed by atoms with Crippen molar-refractivity contribution < 1.29 is 0 Å². The van der Waals surface area contributed by atoms with Gasteiger partial charge in [-0.05, 0) is 51.4 Å². The Morgan fingerprint density at radius 2 is 1.44 bits per heavy atom. The number of unbranched alkanes of at least 4 members (excludes halogenated alkanes) is 4. The van der Waals surface area contributed by atoms with Crippen molar-refractivity contribution in [2.75, 3.05) is 0 Å². The van der Waals surface area contributed by atoms with Crippen LogP contribution in [0, 0.1) is 0 Å². The van der Waals surface area contributed by atoms with Gasteiger partial charge in [-0.15, -0.1) is 13.2 Å². The summed E-state index contributed by atoms with van der Waals surface area (Å²) in [7, 11) is 0. The molecule has 0 aromatic carbocycles. The molecule has 1 saturated heterocycles. The maximum Gasteiger partial charge on any atom is 0.00697 e. The normalized spacial score (nSPS) is 23.8. The van der Waals surface area contributed by atoms with E-state index >= 15 is 0 Å². The van der Waals surface area contributed by atoms with Crippen LogP contribution in [0.15, 0.2) is 25.3 Å². The minimum absolute atomic E-state index is 0.775. The largest absolute Gasteiger partial charge is 0.311 e. The molecule has 1 aliphatic heterocycles. The van der Waals surface area contributed by atoms with Crippen molar-refractivity contribution in [1.82, 2.24) is 5.32 Å². The van der Waals surface area contributed by atoms with Crippen LogP contribution >= 0.6 is 0 Å². The van der Waals surface area contributed by atoms with Crippen LogP contribution in [0.5, 0.6) is 0 Å². The highest BCUT2D eigenvalue weighted by molar-refractivity contribution is 4.81. The Hall–Kier alpha value is -0.560. The summed E-state index contributed by atoms with van der Waals surface area (Å²) < 4.78 is 0. The van der Waals surface area contributed by atoms with Crippen molar-refractivity contribution in [3.05, 3.63) is 25.3 Å². The number of rotatable bonds is 10. The van der Waals surface area contributed by atoms with Crippen LogP contribution < -0.4 is 5.32 Å². The van der Waals surface area contributed by atoms with Gasteiger partial charge in [0.25, 0.3) is 0 Å². The highest BCUT2D eigenvalue weighted by Crippen LogP contribution is 2.20. The molecule has 0 radical (unpaired) electrons. The molecule has 1 rings (SSSR count). The predicted molar refractivity (Wildman–Crippen MR) is 81.9 cm³/mol. The lowest BCUT2D eigenvalue weighted by Gasteiger charge is -2.31. The van der Waals surface area contributed by atoms with Gasteiger partial charge in [0.05, 0.1) is 0 Å². The Morgan fingerprint density at radius 1 is 0.833 bits per heavy atom. The topological polar surface area (TPSA) is 12.0 Å². The lowest BCUT2D eigenvalue weighted by molar-refractivity contribution is 0.288. The average Bonchev–Trinajstić information content (AvgIpc) is 2.39. The number of nitrogens with one attached hydrogen (secondary N) is 1. The van der Waals surface area contributed by atoms with E-state index in [-0.39, 0.29) is 0 Å². The fourth-order valence-electron chi connectivity index (χ4n) is 2.93. The number of piperidine rings is 1. The standard InChI is InChI=1S/C17H31N/c1-3-5-7-8-10-13-17-15-11-14-16(18-17)12-9-6-4-2/h3-4,16-18H,1-2,5-15H2/t16-,17-/m0/s1. The van der Waals surface area contributed by atoms with E-state index < -0.39 is 0 Å². The lowest BCUT2D eigenvalue weighted by atomic mass is 9.92. The van der Waals surface area contributed by atoms with E-state index in [1.54, 1.807) is 0 Å². The molecule has 0 bridgehead atoms. The summed E-state index contributed by atoms with van der Waals surface area (Å²) in [5.74, 6) is 0. The third-order valence-corrected chi connectivity index (χ3v) is 4.00. The monoisotopic (exact) mass is 249 g/mol. The molecular formula is C17H31N. The van der Waals surface area contributed by atoms with Crippen molar-refractivity contribution in [3.63, 3.8) is 0 Å². The fraction of sp³-hybridized carbons (Fsp3) is 0.765. The third-order valence-electron chi connectivity index (χ3n) is 4.00. The molecule has 0 spiro atoms. The summed E-state index contributed by atoms with van der Waals surface area (Å²) in [6.45, 7) is 7.57. The zero-order valence-corrected chi connectivity index (χ0v) is 12.0. The molecule has 1 heterocycles. The Labute approximate surface area is 114 Å². The van der Waals surface area contributed by atoms with Crippen LogP contribution in [0.3, 0.4) is 0 Å². The predicted octanol–water partition coefficient (Wildman–Crippen LogP) is 4.99. The molecule has 2 atom stereocenters. The van der Waals surface area contributed by atoms with Crippen LogP contribution in [-0.2, 0) is 0 Å². The maximum atomic E-state index is 3.85. The van der Waals surface area contributed by atoms with E-state index in [4.69, 9.17) is 0 Å². The van der Waals surface area contributed by atoms with Gasteiger partial charge >= 0.3 is 0 Å². The van der Waals surface area contributed by atoms with E-state index in [2.05, 4.69) is 18.5 Å². The summed E-state index contributed by atoms with van der Waals surface area (Å²) >= 11 is 0. The molecule has 0 unspecified atom stereocenters. The van der Waals surface area contributed by atoms with Gasteiger partial charge in [0.2, 0.25) is 0 Å². The number of allylic oxidation sites excluding steroid dienone is 2. The Bertz CT molecular complexity index is 222.